The fourth-order valence-corrected chi connectivity index (χ4v) is 4.10. The molecule has 0 amide bonds. The van der Waals surface area contributed by atoms with Gasteiger partial charge >= 0.3 is 7.05 Å². The zero-order valence-electron chi connectivity index (χ0n) is 14.6. The molecule has 2 aliphatic heterocycles. The van der Waals surface area contributed by atoms with Gasteiger partial charge in [0.05, 0.1) is 0 Å². The van der Waals surface area contributed by atoms with Crippen LogP contribution in [0.25, 0.3) is 0 Å². The number of rotatable bonds is 4. The molecule has 0 aromatic carbocycles. The fraction of sp³-hybridized carbons (Fsp3) is 0.722. The van der Waals surface area contributed by atoms with Crippen LogP contribution in [0.4, 0.5) is 0 Å². The van der Waals surface area contributed by atoms with E-state index in [1.54, 1.807) is 0 Å². The van der Waals surface area contributed by atoms with Crippen LogP contribution < -0.4 is 0 Å². The Kier molecular flexibility index (Phi) is 5.73. The van der Waals surface area contributed by atoms with E-state index in [0.717, 1.165) is 30.7 Å². The molecule has 5 heteroatoms. The van der Waals surface area contributed by atoms with Crippen molar-refractivity contribution in [2.45, 2.75) is 51.9 Å². The van der Waals surface area contributed by atoms with Gasteiger partial charge in [0, 0.05) is 17.9 Å². The van der Waals surface area contributed by atoms with Gasteiger partial charge in [0.25, 0.3) is 0 Å². The van der Waals surface area contributed by atoms with Crippen molar-refractivity contribution in [3.63, 3.8) is 0 Å². The van der Waals surface area contributed by atoms with Crippen LogP contribution in [0.2, 0.25) is 6.82 Å². The summed E-state index contributed by atoms with van der Waals surface area (Å²) >= 11 is 0. The van der Waals surface area contributed by atoms with Gasteiger partial charge < -0.3 is 14.7 Å². The lowest BCUT2D eigenvalue weighted by Gasteiger charge is -2.42. The maximum Gasteiger partial charge on any atom is 0.376 e. The number of pyridine rings is 1. The zero-order chi connectivity index (χ0) is 16.2. The molecule has 0 saturated carbocycles. The van der Waals surface area contributed by atoms with E-state index in [4.69, 9.17) is 0 Å². The summed E-state index contributed by atoms with van der Waals surface area (Å²) in [5.41, 5.74) is 2.49. The van der Waals surface area contributed by atoms with Crippen LogP contribution in [-0.2, 0) is 6.42 Å². The van der Waals surface area contributed by atoms with Gasteiger partial charge in [0.1, 0.15) is 0 Å². The Balaban J connectivity index is 1.43. The van der Waals surface area contributed by atoms with Crippen molar-refractivity contribution in [1.29, 1.82) is 0 Å². The van der Waals surface area contributed by atoms with Crippen molar-refractivity contribution in [3.05, 3.63) is 29.6 Å². The molecule has 2 fully saturated rings. The van der Waals surface area contributed by atoms with Gasteiger partial charge in [0.2, 0.25) is 0 Å². The molecule has 3 heterocycles. The highest BCUT2D eigenvalue weighted by Crippen LogP contribution is 2.26. The Labute approximate surface area is 141 Å². The molecule has 0 unspecified atom stereocenters. The second kappa shape index (κ2) is 7.78. The van der Waals surface area contributed by atoms with E-state index >= 15 is 0 Å². The number of nitrogens with zero attached hydrogens (tertiary/aromatic N) is 3. The third-order valence-corrected chi connectivity index (χ3v) is 5.69. The Bertz CT molecular complexity index is 478. The number of likely N-dealkylation sites (tertiary alicyclic amines) is 1. The zero-order valence-corrected chi connectivity index (χ0v) is 14.6. The number of hydrogen-bond donors (Lipinski definition) is 1. The van der Waals surface area contributed by atoms with Gasteiger partial charge in [-0.05, 0) is 89.6 Å². The standard InChI is InChI=1S/C18H30BN3O/c1-15-3-4-17(14-20-15)13-16-5-9-21(10-6-16)18-7-11-22(12-8-18)19(2)23/h3-4,14,16,18,23H,5-13H2,1-2H3. The predicted molar refractivity (Wildman–Crippen MR) is 95.4 cm³/mol. The van der Waals surface area contributed by atoms with Crippen LogP contribution in [-0.4, -0.2) is 59.0 Å². The van der Waals surface area contributed by atoms with E-state index in [-0.39, 0.29) is 7.05 Å². The molecule has 3 rings (SSSR count). The van der Waals surface area contributed by atoms with Crippen molar-refractivity contribution in [2.24, 2.45) is 5.92 Å². The van der Waals surface area contributed by atoms with E-state index in [1.807, 2.05) is 19.9 Å². The summed E-state index contributed by atoms with van der Waals surface area (Å²) in [5, 5.41) is 9.67. The van der Waals surface area contributed by atoms with Crippen LogP contribution in [0.15, 0.2) is 18.3 Å². The van der Waals surface area contributed by atoms with Crippen molar-refractivity contribution in [2.75, 3.05) is 26.2 Å². The van der Waals surface area contributed by atoms with Crippen LogP contribution in [0.5, 0.6) is 0 Å². The van der Waals surface area contributed by atoms with Crippen LogP contribution >= 0.6 is 0 Å². The molecule has 0 aliphatic carbocycles. The second-order valence-corrected chi connectivity index (χ2v) is 7.39. The van der Waals surface area contributed by atoms with E-state index in [2.05, 4.69) is 26.8 Å². The first-order valence-electron chi connectivity index (χ1n) is 9.19. The summed E-state index contributed by atoms with van der Waals surface area (Å²) in [4.78, 5) is 9.30. The van der Waals surface area contributed by atoms with Crippen LogP contribution in [0.3, 0.4) is 0 Å². The van der Waals surface area contributed by atoms with Gasteiger partial charge in [-0.3, -0.25) is 4.98 Å². The van der Waals surface area contributed by atoms with Gasteiger partial charge in [0.15, 0.2) is 0 Å². The summed E-state index contributed by atoms with van der Waals surface area (Å²) in [6.45, 7) is 8.48. The molecule has 1 aromatic heterocycles. The third kappa shape index (κ3) is 4.55. The van der Waals surface area contributed by atoms with Crippen molar-refractivity contribution in [3.8, 4) is 0 Å². The lowest BCUT2D eigenvalue weighted by atomic mass is 9.81. The molecule has 4 nitrogen and oxygen atoms in total. The maximum atomic E-state index is 9.67. The highest BCUT2D eigenvalue weighted by molar-refractivity contribution is 6.45. The van der Waals surface area contributed by atoms with E-state index in [9.17, 15) is 5.02 Å². The Morgan fingerprint density at radius 1 is 1.13 bits per heavy atom. The molecule has 0 atom stereocenters. The molecule has 0 radical (unpaired) electrons. The fourth-order valence-electron chi connectivity index (χ4n) is 4.10. The molecular weight excluding hydrogens is 285 g/mol. The largest absolute Gasteiger partial charge is 0.437 e. The summed E-state index contributed by atoms with van der Waals surface area (Å²) < 4.78 is 0. The first-order chi connectivity index (χ1) is 11.1. The van der Waals surface area contributed by atoms with E-state index in [0.29, 0.717) is 0 Å². The summed E-state index contributed by atoms with van der Waals surface area (Å²) in [6, 6.07) is 5.09. The number of piperidine rings is 2. The molecule has 1 aromatic rings. The Morgan fingerprint density at radius 3 is 2.39 bits per heavy atom. The first kappa shape index (κ1) is 16.9. The van der Waals surface area contributed by atoms with Gasteiger partial charge in [-0.2, -0.15) is 0 Å². The first-order valence-corrected chi connectivity index (χ1v) is 9.19. The molecule has 2 saturated heterocycles. The SMILES string of the molecule is CB(O)N1CCC(N2CCC(Cc3ccc(C)nc3)CC2)CC1. The van der Waals surface area contributed by atoms with Gasteiger partial charge in [-0.15, -0.1) is 0 Å². The average molecular weight is 315 g/mol. The lowest BCUT2D eigenvalue weighted by molar-refractivity contribution is 0.0935. The number of aromatic nitrogens is 1. The lowest BCUT2D eigenvalue weighted by Crippen LogP contribution is -2.50. The van der Waals surface area contributed by atoms with Gasteiger partial charge in [-0.25, -0.2) is 0 Å². The van der Waals surface area contributed by atoms with Crippen molar-refractivity contribution < 1.29 is 5.02 Å². The summed E-state index contributed by atoms with van der Waals surface area (Å²) in [5.74, 6) is 0.813. The normalized spacial score (nSPS) is 22.4. The highest BCUT2D eigenvalue weighted by Gasteiger charge is 2.30. The smallest absolute Gasteiger partial charge is 0.376 e. The molecular formula is C18H30BN3O. The van der Waals surface area contributed by atoms with Crippen LogP contribution in [0, 0.1) is 12.8 Å². The average Bonchev–Trinajstić information content (AvgIpc) is 2.58. The number of hydrogen-bond acceptors (Lipinski definition) is 4. The predicted octanol–water partition coefficient (Wildman–Crippen LogP) is 2.22. The van der Waals surface area contributed by atoms with Crippen molar-refractivity contribution >= 4 is 7.05 Å². The highest BCUT2D eigenvalue weighted by atomic mass is 16.2. The summed E-state index contributed by atoms with van der Waals surface area (Å²) in [7, 11) is -0.287. The molecule has 2 aliphatic rings. The summed E-state index contributed by atoms with van der Waals surface area (Å²) in [6.07, 6.45) is 8.26. The minimum absolute atomic E-state index is 0.287. The minimum atomic E-state index is -0.287. The Morgan fingerprint density at radius 2 is 1.83 bits per heavy atom. The topological polar surface area (TPSA) is 39.6 Å². The molecule has 0 spiro atoms. The van der Waals surface area contributed by atoms with E-state index in [1.165, 1.54) is 50.8 Å². The molecule has 126 valence electrons. The molecule has 1 N–H and O–H groups in total. The number of aryl methyl sites for hydroxylation is 1. The quantitative estimate of drug-likeness (QED) is 0.865. The van der Waals surface area contributed by atoms with Crippen molar-refractivity contribution in [1.82, 2.24) is 14.7 Å². The third-order valence-electron chi connectivity index (χ3n) is 5.69. The minimum Gasteiger partial charge on any atom is -0.437 e. The maximum absolute atomic E-state index is 9.67. The van der Waals surface area contributed by atoms with Gasteiger partial charge in [-0.1, -0.05) is 6.07 Å². The monoisotopic (exact) mass is 315 g/mol. The van der Waals surface area contributed by atoms with E-state index < -0.39 is 0 Å². The second-order valence-electron chi connectivity index (χ2n) is 7.39. The molecule has 23 heavy (non-hydrogen) atoms. The Hall–Kier alpha value is -0.905. The molecule has 0 bridgehead atoms. The van der Waals surface area contributed by atoms with Crippen LogP contribution in [0.1, 0.15) is 36.9 Å².